The Morgan fingerprint density at radius 3 is 3.13 bits per heavy atom. The van der Waals surface area contributed by atoms with Crippen LogP contribution in [0.4, 0.5) is 0 Å². The highest BCUT2D eigenvalue weighted by atomic mass is 16.5. The highest BCUT2D eigenvalue weighted by Crippen LogP contribution is 2.24. The van der Waals surface area contributed by atoms with E-state index in [0.717, 1.165) is 17.7 Å². The highest BCUT2D eigenvalue weighted by molar-refractivity contribution is 5.90. The van der Waals surface area contributed by atoms with E-state index in [4.69, 9.17) is 4.74 Å². The van der Waals surface area contributed by atoms with E-state index in [-0.39, 0.29) is 11.9 Å². The topological polar surface area (TPSA) is 44.1 Å². The zero-order valence-electron chi connectivity index (χ0n) is 8.93. The molecule has 80 valence electrons. The molecule has 2 heterocycles. The summed E-state index contributed by atoms with van der Waals surface area (Å²) in [7, 11) is 1.95. The molecule has 0 saturated carbocycles. The fraction of sp³-hybridized carbons (Fsp3) is 0.455. The average molecular weight is 206 g/mol. The van der Waals surface area contributed by atoms with Crippen molar-refractivity contribution in [2.24, 2.45) is 13.0 Å². The zero-order valence-corrected chi connectivity index (χ0v) is 8.93. The van der Waals surface area contributed by atoms with E-state index in [1.807, 2.05) is 30.8 Å². The van der Waals surface area contributed by atoms with Crippen LogP contribution in [-0.4, -0.2) is 22.1 Å². The maximum atomic E-state index is 11.3. The van der Waals surface area contributed by atoms with Gasteiger partial charge in [0.25, 0.3) is 0 Å². The number of cyclic esters (lactones) is 1. The number of hydrogen-bond donors (Lipinski definition) is 0. The van der Waals surface area contributed by atoms with Gasteiger partial charge in [-0.2, -0.15) is 0 Å². The Hall–Kier alpha value is -1.58. The van der Waals surface area contributed by atoms with Crippen LogP contribution >= 0.6 is 0 Å². The molecule has 2 rings (SSSR count). The third kappa shape index (κ3) is 1.79. The Morgan fingerprint density at radius 1 is 1.73 bits per heavy atom. The van der Waals surface area contributed by atoms with Crippen molar-refractivity contribution >= 4 is 5.97 Å². The summed E-state index contributed by atoms with van der Waals surface area (Å²) in [6.45, 7) is 2.36. The van der Waals surface area contributed by atoms with Crippen molar-refractivity contribution in [3.8, 4) is 0 Å². The number of carbonyl (C=O) groups excluding carboxylic acids is 1. The van der Waals surface area contributed by atoms with E-state index >= 15 is 0 Å². The van der Waals surface area contributed by atoms with Gasteiger partial charge in [-0.1, -0.05) is 6.08 Å². The van der Waals surface area contributed by atoms with Gasteiger partial charge in [0.15, 0.2) is 0 Å². The van der Waals surface area contributed by atoms with Crippen molar-refractivity contribution < 1.29 is 9.53 Å². The number of aryl methyl sites for hydroxylation is 1. The number of nitrogens with zero attached hydrogens (tertiary/aromatic N) is 2. The van der Waals surface area contributed by atoms with Crippen molar-refractivity contribution in [1.29, 1.82) is 0 Å². The van der Waals surface area contributed by atoms with Crippen molar-refractivity contribution in [1.82, 2.24) is 9.55 Å². The van der Waals surface area contributed by atoms with Gasteiger partial charge < -0.3 is 9.30 Å². The standard InChI is InChI=1S/C11H14N2O2/c1-3-10-8(6-15-11(10)14)4-9-5-12-7-13(9)2/h3,5,7-8H,4,6H2,1-2H3/t8-/m0/s1. The van der Waals surface area contributed by atoms with Gasteiger partial charge in [0, 0.05) is 30.4 Å². The van der Waals surface area contributed by atoms with E-state index in [0.29, 0.717) is 6.61 Å². The Bertz CT molecular complexity index is 406. The molecule has 0 radical (unpaired) electrons. The number of ether oxygens (including phenoxy) is 1. The molecule has 1 atom stereocenters. The van der Waals surface area contributed by atoms with E-state index < -0.39 is 0 Å². The lowest BCUT2D eigenvalue weighted by molar-refractivity contribution is -0.135. The Labute approximate surface area is 88.6 Å². The first-order valence-electron chi connectivity index (χ1n) is 5.01. The maximum absolute atomic E-state index is 11.3. The lowest BCUT2D eigenvalue weighted by Crippen LogP contribution is -2.09. The first-order valence-corrected chi connectivity index (χ1v) is 5.01. The second kappa shape index (κ2) is 3.88. The molecule has 1 fully saturated rings. The van der Waals surface area contributed by atoms with E-state index in [1.54, 1.807) is 6.33 Å². The van der Waals surface area contributed by atoms with Crippen LogP contribution in [0.25, 0.3) is 0 Å². The molecular weight excluding hydrogens is 192 g/mol. The normalized spacial score (nSPS) is 23.5. The summed E-state index contributed by atoms with van der Waals surface area (Å²) < 4.78 is 6.99. The predicted octanol–water partition coefficient (Wildman–Crippen LogP) is 1.08. The summed E-state index contributed by atoms with van der Waals surface area (Å²) in [5.41, 5.74) is 1.91. The monoisotopic (exact) mass is 206 g/mol. The summed E-state index contributed by atoms with van der Waals surface area (Å²) in [6.07, 6.45) is 6.25. The van der Waals surface area contributed by atoms with Crippen molar-refractivity contribution in [2.75, 3.05) is 6.61 Å². The number of carbonyl (C=O) groups is 1. The molecule has 1 saturated heterocycles. The molecule has 0 unspecified atom stereocenters. The summed E-state index contributed by atoms with van der Waals surface area (Å²) in [6, 6.07) is 0. The average Bonchev–Trinajstić information content (AvgIpc) is 2.76. The fourth-order valence-electron chi connectivity index (χ4n) is 1.87. The van der Waals surface area contributed by atoms with Gasteiger partial charge in [-0.25, -0.2) is 9.78 Å². The molecule has 1 aliphatic heterocycles. The van der Waals surface area contributed by atoms with Gasteiger partial charge in [0.05, 0.1) is 12.9 Å². The minimum absolute atomic E-state index is 0.176. The summed E-state index contributed by atoms with van der Waals surface area (Å²) in [5, 5.41) is 0. The minimum Gasteiger partial charge on any atom is -0.462 e. The van der Waals surface area contributed by atoms with Gasteiger partial charge in [-0.3, -0.25) is 0 Å². The molecule has 0 N–H and O–H groups in total. The Kier molecular flexibility index (Phi) is 2.58. The summed E-state index contributed by atoms with van der Waals surface area (Å²) in [4.78, 5) is 15.4. The number of esters is 1. The number of allylic oxidation sites excluding steroid dienone is 1. The first-order chi connectivity index (χ1) is 7.22. The quantitative estimate of drug-likeness (QED) is 0.537. The van der Waals surface area contributed by atoms with E-state index in [2.05, 4.69) is 4.98 Å². The Balaban J connectivity index is 2.14. The second-order valence-corrected chi connectivity index (χ2v) is 3.74. The van der Waals surface area contributed by atoms with Crippen LogP contribution in [0.3, 0.4) is 0 Å². The van der Waals surface area contributed by atoms with Crippen LogP contribution in [0, 0.1) is 5.92 Å². The van der Waals surface area contributed by atoms with E-state index in [9.17, 15) is 4.79 Å². The van der Waals surface area contributed by atoms with Gasteiger partial charge in [-0.05, 0) is 13.3 Å². The summed E-state index contributed by atoms with van der Waals surface area (Å²) in [5.74, 6) is 0.00238. The van der Waals surface area contributed by atoms with Crippen LogP contribution in [-0.2, 0) is 23.0 Å². The van der Waals surface area contributed by atoms with Crippen LogP contribution in [0.1, 0.15) is 12.6 Å². The minimum atomic E-state index is -0.176. The zero-order chi connectivity index (χ0) is 10.8. The lowest BCUT2D eigenvalue weighted by atomic mass is 9.97. The largest absolute Gasteiger partial charge is 0.462 e. The SMILES string of the molecule is CC=C1C(=O)OC[C@@H]1Cc1cncn1C. The lowest BCUT2D eigenvalue weighted by Gasteiger charge is -2.07. The predicted molar refractivity (Wildman–Crippen MR) is 55.1 cm³/mol. The van der Waals surface area contributed by atoms with Crippen molar-refractivity contribution in [3.63, 3.8) is 0 Å². The third-order valence-electron chi connectivity index (χ3n) is 2.77. The second-order valence-electron chi connectivity index (χ2n) is 3.74. The number of rotatable bonds is 2. The molecule has 0 spiro atoms. The maximum Gasteiger partial charge on any atom is 0.334 e. The molecule has 0 aliphatic carbocycles. The first kappa shape index (κ1) is 9.96. The molecule has 1 aliphatic rings. The highest BCUT2D eigenvalue weighted by Gasteiger charge is 2.30. The molecule has 4 nitrogen and oxygen atoms in total. The van der Waals surface area contributed by atoms with Crippen LogP contribution in [0.2, 0.25) is 0 Å². The number of imidazole rings is 1. The molecule has 1 aromatic rings. The number of aromatic nitrogens is 2. The van der Waals surface area contributed by atoms with Gasteiger partial charge in [0.1, 0.15) is 0 Å². The van der Waals surface area contributed by atoms with Crippen LogP contribution in [0.5, 0.6) is 0 Å². The van der Waals surface area contributed by atoms with Crippen molar-refractivity contribution in [2.45, 2.75) is 13.3 Å². The molecule has 0 amide bonds. The molecule has 0 bridgehead atoms. The third-order valence-corrected chi connectivity index (χ3v) is 2.77. The smallest absolute Gasteiger partial charge is 0.334 e. The van der Waals surface area contributed by atoms with Crippen molar-refractivity contribution in [3.05, 3.63) is 29.9 Å². The van der Waals surface area contributed by atoms with Gasteiger partial charge >= 0.3 is 5.97 Å². The van der Waals surface area contributed by atoms with Gasteiger partial charge in [-0.15, -0.1) is 0 Å². The molecule has 15 heavy (non-hydrogen) atoms. The molecule has 1 aromatic heterocycles. The molecule has 0 aromatic carbocycles. The molecular formula is C11H14N2O2. The number of hydrogen-bond acceptors (Lipinski definition) is 3. The van der Waals surface area contributed by atoms with Crippen LogP contribution < -0.4 is 0 Å². The fourth-order valence-corrected chi connectivity index (χ4v) is 1.87. The molecule has 4 heteroatoms. The van der Waals surface area contributed by atoms with Gasteiger partial charge in [0.2, 0.25) is 0 Å². The summed E-state index contributed by atoms with van der Waals surface area (Å²) >= 11 is 0. The van der Waals surface area contributed by atoms with Crippen LogP contribution in [0.15, 0.2) is 24.2 Å². The van der Waals surface area contributed by atoms with E-state index in [1.165, 1.54) is 0 Å². The Morgan fingerprint density at radius 2 is 2.53 bits per heavy atom.